The molecular weight excluding hydrogens is 479 g/mol. The molecule has 164 valence electrons. The molecular formula is C21H37IN6O. The highest BCUT2D eigenvalue weighted by molar-refractivity contribution is 14.0. The van der Waals surface area contributed by atoms with E-state index in [9.17, 15) is 0 Å². The van der Waals surface area contributed by atoms with Crippen LogP contribution in [0.4, 0.5) is 0 Å². The fourth-order valence-corrected chi connectivity index (χ4v) is 5.56. The number of nitrogens with one attached hydrogen (secondary N) is 2. The summed E-state index contributed by atoms with van der Waals surface area (Å²) in [4.78, 5) is 4.52. The van der Waals surface area contributed by atoms with Gasteiger partial charge in [-0.25, -0.2) is 0 Å². The lowest BCUT2D eigenvalue weighted by atomic mass is 9.55. The minimum absolute atomic E-state index is 0. The number of hydrogen-bond donors (Lipinski definition) is 2. The highest BCUT2D eigenvalue weighted by Crippen LogP contribution is 2.53. The third-order valence-corrected chi connectivity index (χ3v) is 7.26. The fourth-order valence-electron chi connectivity index (χ4n) is 5.56. The molecule has 2 aliphatic carbocycles. The van der Waals surface area contributed by atoms with Crippen LogP contribution in [0.1, 0.15) is 63.5 Å². The number of fused-ring (bicyclic) bond motifs is 1. The molecule has 7 nitrogen and oxygen atoms in total. The number of hydrogen-bond acceptors (Lipinski definition) is 4. The molecule has 29 heavy (non-hydrogen) atoms. The maximum absolute atomic E-state index is 6.09. The third-order valence-electron chi connectivity index (χ3n) is 7.26. The van der Waals surface area contributed by atoms with Gasteiger partial charge < -0.3 is 19.9 Å². The van der Waals surface area contributed by atoms with Crippen molar-refractivity contribution < 1.29 is 4.74 Å². The van der Waals surface area contributed by atoms with Crippen LogP contribution in [0.2, 0.25) is 0 Å². The van der Waals surface area contributed by atoms with Gasteiger partial charge in [0, 0.05) is 44.6 Å². The summed E-state index contributed by atoms with van der Waals surface area (Å²) in [6.45, 7) is 6.91. The van der Waals surface area contributed by atoms with Crippen molar-refractivity contribution in [1.29, 1.82) is 0 Å². The molecule has 1 aromatic heterocycles. The molecule has 4 rings (SSSR count). The van der Waals surface area contributed by atoms with Crippen molar-refractivity contribution in [2.45, 2.75) is 83.9 Å². The summed E-state index contributed by atoms with van der Waals surface area (Å²) in [7, 11) is 1.88. The minimum Gasteiger partial charge on any atom is -0.378 e. The molecule has 3 unspecified atom stereocenters. The van der Waals surface area contributed by atoms with E-state index in [0.29, 0.717) is 23.5 Å². The van der Waals surface area contributed by atoms with Gasteiger partial charge in [-0.05, 0) is 45.4 Å². The molecule has 2 heterocycles. The summed E-state index contributed by atoms with van der Waals surface area (Å²) in [5.41, 5.74) is 0.311. The Morgan fingerprint density at radius 3 is 2.79 bits per heavy atom. The molecule has 0 amide bonds. The van der Waals surface area contributed by atoms with Crippen LogP contribution in [0.3, 0.4) is 0 Å². The lowest BCUT2D eigenvalue weighted by molar-refractivity contribution is -0.145. The first kappa shape index (κ1) is 22.8. The first-order valence-electron chi connectivity index (χ1n) is 11.1. The Bertz CT molecular complexity index is 699. The van der Waals surface area contributed by atoms with Crippen molar-refractivity contribution in [3.05, 3.63) is 11.6 Å². The number of nitrogens with zero attached hydrogens (tertiary/aromatic N) is 4. The maximum atomic E-state index is 6.09. The van der Waals surface area contributed by atoms with Crippen LogP contribution in [-0.4, -0.2) is 53.1 Å². The Morgan fingerprint density at radius 1 is 1.28 bits per heavy atom. The lowest BCUT2D eigenvalue weighted by Crippen LogP contribution is -2.66. The Kier molecular flexibility index (Phi) is 7.81. The van der Waals surface area contributed by atoms with Crippen LogP contribution in [0.25, 0.3) is 0 Å². The van der Waals surface area contributed by atoms with Crippen LogP contribution >= 0.6 is 24.0 Å². The Labute approximate surface area is 191 Å². The highest BCUT2D eigenvalue weighted by Gasteiger charge is 2.55. The number of ether oxygens (including phenoxy) is 1. The molecule has 0 bridgehead atoms. The summed E-state index contributed by atoms with van der Waals surface area (Å²) in [6.07, 6.45) is 10.3. The minimum atomic E-state index is 0. The second kappa shape index (κ2) is 9.94. The van der Waals surface area contributed by atoms with Crippen molar-refractivity contribution in [3.8, 4) is 0 Å². The molecule has 0 saturated heterocycles. The van der Waals surface area contributed by atoms with Crippen molar-refractivity contribution in [2.24, 2.45) is 16.3 Å². The average Bonchev–Trinajstić information content (AvgIpc) is 3.10. The molecule has 2 saturated carbocycles. The van der Waals surface area contributed by atoms with Gasteiger partial charge in [-0.2, -0.15) is 0 Å². The Morgan fingerprint density at radius 2 is 2.07 bits per heavy atom. The Balaban J connectivity index is 0.00000240. The second-order valence-electron chi connectivity index (χ2n) is 8.80. The lowest BCUT2D eigenvalue weighted by Gasteiger charge is -2.58. The Hall–Kier alpha value is -0.900. The van der Waals surface area contributed by atoms with Crippen LogP contribution in [0, 0.1) is 18.3 Å². The molecule has 2 N–H and O–H groups in total. The molecule has 8 heteroatoms. The van der Waals surface area contributed by atoms with Gasteiger partial charge in [-0.1, -0.05) is 19.3 Å². The zero-order valence-corrected chi connectivity index (χ0v) is 20.4. The molecule has 1 spiro atoms. The van der Waals surface area contributed by atoms with E-state index >= 15 is 0 Å². The van der Waals surface area contributed by atoms with Gasteiger partial charge >= 0.3 is 0 Å². The number of guanidine groups is 1. The van der Waals surface area contributed by atoms with Crippen molar-refractivity contribution in [3.63, 3.8) is 0 Å². The fraction of sp³-hybridized carbons (Fsp3) is 0.857. The zero-order valence-electron chi connectivity index (χ0n) is 18.1. The molecule has 3 aliphatic rings. The summed E-state index contributed by atoms with van der Waals surface area (Å²) in [5.74, 6) is 3.68. The van der Waals surface area contributed by atoms with Gasteiger partial charge in [-0.15, -0.1) is 34.2 Å². The van der Waals surface area contributed by atoms with Crippen LogP contribution in [0.15, 0.2) is 4.99 Å². The van der Waals surface area contributed by atoms with E-state index in [1.165, 1.54) is 32.1 Å². The average molecular weight is 516 g/mol. The first-order valence-corrected chi connectivity index (χ1v) is 11.1. The smallest absolute Gasteiger partial charge is 0.191 e. The van der Waals surface area contributed by atoms with E-state index in [2.05, 4.69) is 37.3 Å². The SMILES string of the molecule is CCOC1CC(NC(=NC)NCC2CCc3nnc(C)n3C2)C12CCCCC2.I. The van der Waals surface area contributed by atoms with Gasteiger partial charge in [0.2, 0.25) is 0 Å². The molecule has 1 aliphatic heterocycles. The van der Waals surface area contributed by atoms with E-state index in [0.717, 1.165) is 56.6 Å². The van der Waals surface area contributed by atoms with Crippen LogP contribution < -0.4 is 10.6 Å². The van der Waals surface area contributed by atoms with E-state index in [1.54, 1.807) is 0 Å². The summed E-state index contributed by atoms with van der Waals surface area (Å²) >= 11 is 0. The van der Waals surface area contributed by atoms with Gasteiger partial charge in [0.15, 0.2) is 5.96 Å². The monoisotopic (exact) mass is 516 g/mol. The zero-order chi connectivity index (χ0) is 19.6. The number of rotatable bonds is 5. The van der Waals surface area contributed by atoms with E-state index < -0.39 is 0 Å². The standard InChI is InChI=1S/C21H36N6O.HI/c1-4-28-18-12-17(21(18)10-6-5-7-11-21)24-20(22-3)23-13-16-8-9-19-26-25-15(2)27(19)14-16;/h16-18H,4-14H2,1-3H3,(H2,22,23,24);1H. The molecule has 1 aromatic rings. The van der Waals surface area contributed by atoms with Crippen LogP contribution in [-0.2, 0) is 17.7 Å². The topological polar surface area (TPSA) is 76.4 Å². The number of aromatic nitrogens is 3. The van der Waals surface area contributed by atoms with E-state index in [1.807, 2.05) is 14.0 Å². The maximum Gasteiger partial charge on any atom is 0.191 e. The van der Waals surface area contributed by atoms with Crippen molar-refractivity contribution in [1.82, 2.24) is 25.4 Å². The summed E-state index contributed by atoms with van der Waals surface area (Å²) < 4.78 is 8.36. The largest absolute Gasteiger partial charge is 0.378 e. The van der Waals surface area contributed by atoms with Crippen LogP contribution in [0.5, 0.6) is 0 Å². The quantitative estimate of drug-likeness (QED) is 0.358. The van der Waals surface area contributed by atoms with Gasteiger partial charge in [0.25, 0.3) is 0 Å². The number of aryl methyl sites for hydroxylation is 2. The summed E-state index contributed by atoms with van der Waals surface area (Å²) in [5, 5.41) is 15.8. The number of aliphatic imine (C=N–C) groups is 1. The first-order chi connectivity index (χ1) is 13.7. The predicted octanol–water partition coefficient (Wildman–Crippen LogP) is 3.06. The van der Waals surface area contributed by atoms with E-state index in [4.69, 9.17) is 4.74 Å². The third kappa shape index (κ3) is 4.57. The van der Waals surface area contributed by atoms with Crippen molar-refractivity contribution >= 4 is 29.9 Å². The van der Waals surface area contributed by atoms with E-state index in [-0.39, 0.29) is 24.0 Å². The molecule has 3 atom stereocenters. The molecule has 0 aromatic carbocycles. The molecule has 0 radical (unpaired) electrons. The predicted molar refractivity (Wildman–Crippen MR) is 126 cm³/mol. The van der Waals surface area contributed by atoms with Gasteiger partial charge in [-0.3, -0.25) is 4.99 Å². The normalized spacial score (nSPS) is 28.2. The second-order valence-corrected chi connectivity index (χ2v) is 8.80. The summed E-state index contributed by atoms with van der Waals surface area (Å²) in [6, 6.07) is 0.480. The van der Waals surface area contributed by atoms with Gasteiger partial charge in [0.1, 0.15) is 11.6 Å². The van der Waals surface area contributed by atoms with Gasteiger partial charge in [0.05, 0.1) is 6.10 Å². The molecule has 2 fully saturated rings. The number of halogens is 1. The highest BCUT2D eigenvalue weighted by atomic mass is 127. The van der Waals surface area contributed by atoms with Crippen molar-refractivity contribution in [2.75, 3.05) is 20.2 Å².